The molecule has 6 nitrogen and oxygen atoms in total. The summed E-state index contributed by atoms with van der Waals surface area (Å²) in [6.07, 6.45) is 0.587. The number of amides is 1. The maximum atomic E-state index is 13.7. The number of aliphatic hydroxyl groups excluding tert-OH is 1. The topological polar surface area (TPSA) is 95.9 Å². The number of aliphatic hydroxyl groups is 1. The molecule has 0 aromatic heterocycles. The van der Waals surface area contributed by atoms with Crippen molar-refractivity contribution in [1.29, 1.82) is 0 Å². The molecular weight excluding hydrogens is 481 g/mol. The fourth-order valence-electron chi connectivity index (χ4n) is 3.02. The molecule has 8 heteroatoms. The number of carboxylic acids is 1. The van der Waals surface area contributed by atoms with Gasteiger partial charge < -0.3 is 20.3 Å². The molecule has 0 fully saturated rings. The van der Waals surface area contributed by atoms with Crippen molar-refractivity contribution in [2.24, 2.45) is 5.92 Å². The number of carbonyl (C=O) groups excluding carboxylic acids is 1. The first-order valence-corrected chi connectivity index (χ1v) is 10.9. The van der Waals surface area contributed by atoms with Crippen LogP contribution in [-0.4, -0.2) is 40.0 Å². The van der Waals surface area contributed by atoms with Crippen LogP contribution in [0.2, 0.25) is 0 Å². The van der Waals surface area contributed by atoms with E-state index in [-0.39, 0.29) is 24.8 Å². The van der Waals surface area contributed by atoms with Gasteiger partial charge in [0.15, 0.2) is 0 Å². The highest BCUT2D eigenvalue weighted by Crippen LogP contribution is 2.25. The van der Waals surface area contributed by atoms with E-state index in [1.54, 1.807) is 20.8 Å². The molecular formula is C24H31BrFNO5. The van der Waals surface area contributed by atoms with E-state index in [1.807, 2.05) is 24.3 Å². The number of aliphatic carboxylic acids is 1. The van der Waals surface area contributed by atoms with Gasteiger partial charge in [0.25, 0.3) is 0 Å². The average Bonchev–Trinajstić information content (AvgIpc) is 2.66. The lowest BCUT2D eigenvalue weighted by atomic mass is 9.89. The van der Waals surface area contributed by atoms with Crippen LogP contribution in [0.15, 0.2) is 65.4 Å². The van der Waals surface area contributed by atoms with E-state index in [4.69, 9.17) is 4.74 Å². The Labute approximate surface area is 197 Å². The molecule has 0 aliphatic heterocycles. The molecule has 0 bridgehead atoms. The summed E-state index contributed by atoms with van der Waals surface area (Å²) >= 11 is 3.36. The third-order valence-corrected chi connectivity index (χ3v) is 5.07. The van der Waals surface area contributed by atoms with Crippen molar-refractivity contribution in [3.8, 4) is 0 Å². The molecule has 3 atom stereocenters. The lowest BCUT2D eigenvalue weighted by Gasteiger charge is -2.28. The van der Waals surface area contributed by atoms with Crippen molar-refractivity contribution in [2.75, 3.05) is 0 Å². The second-order valence-electron chi connectivity index (χ2n) is 8.46. The number of rotatable bonds is 11. The first-order valence-electron chi connectivity index (χ1n) is 10.1. The maximum absolute atomic E-state index is 13.7. The molecule has 3 N–H and O–H groups in total. The summed E-state index contributed by atoms with van der Waals surface area (Å²) in [5, 5.41) is 23.1. The van der Waals surface area contributed by atoms with Crippen LogP contribution in [0, 0.1) is 5.92 Å². The number of ether oxygens (including phenoxy) is 1. The van der Waals surface area contributed by atoms with Gasteiger partial charge in [0.2, 0.25) is 0 Å². The Hall–Kier alpha value is -2.45. The van der Waals surface area contributed by atoms with Crippen molar-refractivity contribution in [3.63, 3.8) is 0 Å². The van der Waals surface area contributed by atoms with Crippen LogP contribution < -0.4 is 5.32 Å². The number of hydrogen-bond donors (Lipinski definition) is 3. The molecule has 0 aliphatic rings. The molecule has 1 aromatic rings. The van der Waals surface area contributed by atoms with E-state index in [9.17, 15) is 24.2 Å². The molecule has 0 aliphatic carbocycles. The lowest BCUT2D eigenvalue weighted by molar-refractivity contribution is -0.143. The minimum atomic E-state index is -1.23. The molecule has 32 heavy (non-hydrogen) atoms. The minimum absolute atomic E-state index is 0.0872. The number of allylic oxidation sites excluding steroid dienone is 4. The summed E-state index contributed by atoms with van der Waals surface area (Å²) in [6.45, 7) is 11.9. The quantitative estimate of drug-likeness (QED) is 0.349. The molecule has 0 saturated carbocycles. The van der Waals surface area contributed by atoms with Gasteiger partial charge in [-0.1, -0.05) is 53.4 Å². The zero-order valence-electron chi connectivity index (χ0n) is 18.6. The van der Waals surface area contributed by atoms with Gasteiger partial charge >= 0.3 is 12.1 Å². The highest BCUT2D eigenvalue weighted by atomic mass is 79.9. The monoisotopic (exact) mass is 511 g/mol. The molecule has 0 radical (unpaired) electrons. The van der Waals surface area contributed by atoms with E-state index in [2.05, 4.69) is 34.4 Å². The lowest BCUT2D eigenvalue weighted by Crippen LogP contribution is -2.47. The largest absolute Gasteiger partial charge is 0.481 e. The number of benzene rings is 1. The Morgan fingerprint density at radius 3 is 2.34 bits per heavy atom. The summed E-state index contributed by atoms with van der Waals surface area (Å²) in [4.78, 5) is 24.1. The molecule has 0 spiro atoms. The first-order chi connectivity index (χ1) is 14.8. The number of nitrogens with one attached hydrogen (secondary N) is 1. The Kier molecular flexibility index (Phi) is 10.8. The Morgan fingerprint density at radius 2 is 1.88 bits per heavy atom. The van der Waals surface area contributed by atoms with E-state index in [0.29, 0.717) is 0 Å². The smallest absolute Gasteiger partial charge is 0.407 e. The van der Waals surface area contributed by atoms with Crippen molar-refractivity contribution >= 4 is 28.0 Å². The number of carboxylic acid groups (broad SMARTS) is 1. The SMILES string of the molecule is C=C/C=C(/C[C@H](C[C@H](O)[C@H](Cc1ccc(Br)cc1)NC(=O)OC(C)(C)C)C(=O)O)C(=C)F. The van der Waals surface area contributed by atoms with Gasteiger partial charge in [-0.2, -0.15) is 0 Å². The number of alkyl carbamates (subject to hydrolysis) is 1. The van der Waals surface area contributed by atoms with Gasteiger partial charge in [0.05, 0.1) is 18.1 Å². The van der Waals surface area contributed by atoms with Gasteiger partial charge in [-0.05, 0) is 63.3 Å². The predicted molar refractivity (Wildman–Crippen MR) is 126 cm³/mol. The maximum Gasteiger partial charge on any atom is 0.407 e. The highest BCUT2D eigenvalue weighted by molar-refractivity contribution is 9.10. The van der Waals surface area contributed by atoms with Crippen LogP contribution >= 0.6 is 15.9 Å². The average molecular weight is 512 g/mol. The normalized spacial score (nSPS) is 14.8. The molecule has 0 saturated heterocycles. The van der Waals surface area contributed by atoms with Crippen molar-refractivity contribution in [1.82, 2.24) is 5.32 Å². The van der Waals surface area contributed by atoms with Crippen LogP contribution in [0.1, 0.15) is 39.2 Å². The second-order valence-corrected chi connectivity index (χ2v) is 9.37. The summed E-state index contributed by atoms with van der Waals surface area (Å²) < 4.78 is 19.8. The molecule has 0 unspecified atom stereocenters. The fourth-order valence-corrected chi connectivity index (χ4v) is 3.29. The van der Waals surface area contributed by atoms with Gasteiger partial charge in [0.1, 0.15) is 11.4 Å². The molecule has 0 heterocycles. The number of carbonyl (C=O) groups is 2. The van der Waals surface area contributed by atoms with Crippen molar-refractivity contribution < 1.29 is 28.9 Å². The summed E-state index contributed by atoms with van der Waals surface area (Å²) in [5.41, 5.74) is 0.167. The molecule has 176 valence electrons. The van der Waals surface area contributed by atoms with Gasteiger partial charge in [0, 0.05) is 4.47 Å². The second kappa shape index (κ2) is 12.6. The zero-order chi connectivity index (χ0) is 24.5. The standard InChI is InChI=1S/C24H31BrFNO5/c1-6-7-17(15(2)26)13-18(22(29)30)14-21(28)20(27-23(31)32-24(3,4)5)12-16-8-10-19(25)11-9-16/h6-11,18,20-21,28H,1-2,12-14H2,3-5H3,(H,27,31)(H,29,30)/b17-7-/t18-,20+,21+/m1/s1. The van der Waals surface area contributed by atoms with Crippen LogP contribution in [0.3, 0.4) is 0 Å². The van der Waals surface area contributed by atoms with Gasteiger partial charge in [-0.3, -0.25) is 4.79 Å². The van der Waals surface area contributed by atoms with E-state index < -0.39 is 41.6 Å². The third kappa shape index (κ3) is 10.2. The highest BCUT2D eigenvalue weighted by Gasteiger charge is 2.30. The van der Waals surface area contributed by atoms with E-state index >= 15 is 0 Å². The van der Waals surface area contributed by atoms with Crippen molar-refractivity contribution in [3.05, 3.63) is 71.0 Å². The number of hydrogen-bond acceptors (Lipinski definition) is 4. The Bertz CT molecular complexity index is 845. The number of halogens is 2. The Morgan fingerprint density at radius 1 is 1.28 bits per heavy atom. The summed E-state index contributed by atoms with van der Waals surface area (Å²) in [5.74, 6) is -3.06. The van der Waals surface area contributed by atoms with Crippen LogP contribution in [-0.2, 0) is 16.0 Å². The van der Waals surface area contributed by atoms with Crippen LogP contribution in [0.5, 0.6) is 0 Å². The zero-order valence-corrected chi connectivity index (χ0v) is 20.2. The van der Waals surface area contributed by atoms with Gasteiger partial charge in [-0.25, -0.2) is 9.18 Å². The summed E-state index contributed by atoms with van der Waals surface area (Å²) in [7, 11) is 0. The van der Waals surface area contributed by atoms with Crippen LogP contribution in [0.25, 0.3) is 0 Å². The molecule has 1 aromatic carbocycles. The minimum Gasteiger partial charge on any atom is -0.481 e. The molecule has 1 rings (SSSR count). The van der Waals surface area contributed by atoms with E-state index in [0.717, 1.165) is 10.0 Å². The predicted octanol–water partition coefficient (Wildman–Crippen LogP) is 5.32. The van der Waals surface area contributed by atoms with Crippen LogP contribution in [0.4, 0.5) is 9.18 Å². The first kappa shape index (κ1) is 27.6. The Balaban J connectivity index is 3.07. The molecule has 1 amide bonds. The van der Waals surface area contributed by atoms with Gasteiger partial charge in [-0.15, -0.1) is 0 Å². The van der Waals surface area contributed by atoms with Crippen molar-refractivity contribution in [2.45, 2.75) is 57.8 Å². The van der Waals surface area contributed by atoms with E-state index in [1.165, 1.54) is 12.2 Å². The third-order valence-electron chi connectivity index (χ3n) is 4.54. The fraction of sp³-hybridized carbons (Fsp3) is 0.417. The summed E-state index contributed by atoms with van der Waals surface area (Å²) in [6, 6.07) is 6.48.